The van der Waals surface area contributed by atoms with Crippen LogP contribution in [-0.2, 0) is 4.79 Å². The molecule has 1 amide bonds. The molecule has 23 heavy (non-hydrogen) atoms. The van der Waals surface area contributed by atoms with Gasteiger partial charge in [-0.1, -0.05) is 12.1 Å². The van der Waals surface area contributed by atoms with Crippen molar-refractivity contribution in [1.82, 2.24) is 4.90 Å². The van der Waals surface area contributed by atoms with Crippen LogP contribution >= 0.6 is 0 Å². The average molecular weight is 331 g/mol. The minimum Gasteiger partial charge on any atom is -0.481 e. The fraction of sp³-hybridized carbons (Fsp3) is 0.467. The first-order valence-corrected chi connectivity index (χ1v) is 7.00. The van der Waals surface area contributed by atoms with Gasteiger partial charge in [-0.15, -0.1) is 13.2 Å². The SMILES string of the molecule is CC1(C(=O)O)CCCN(C(=O)c2ccccc2OC(F)(F)F)C1. The number of halogens is 3. The fourth-order valence-electron chi connectivity index (χ4n) is 2.61. The van der Waals surface area contributed by atoms with Gasteiger partial charge < -0.3 is 14.7 Å². The summed E-state index contributed by atoms with van der Waals surface area (Å²) in [4.78, 5) is 25.1. The first-order chi connectivity index (χ1) is 10.6. The van der Waals surface area contributed by atoms with Gasteiger partial charge in [-0.05, 0) is 31.9 Å². The standard InChI is InChI=1S/C15H16F3NO4/c1-14(13(21)22)7-4-8-19(9-14)12(20)10-5-2-3-6-11(10)23-15(16,17)18/h2-3,5-6H,4,7-9H2,1H3,(H,21,22). The van der Waals surface area contributed by atoms with Crippen molar-refractivity contribution in [1.29, 1.82) is 0 Å². The number of piperidine rings is 1. The molecule has 5 nitrogen and oxygen atoms in total. The Labute approximate surface area is 130 Å². The number of para-hydroxylation sites is 1. The number of carboxylic acids is 1. The van der Waals surface area contributed by atoms with Crippen LogP contribution in [0.25, 0.3) is 0 Å². The van der Waals surface area contributed by atoms with E-state index in [1.54, 1.807) is 0 Å². The van der Waals surface area contributed by atoms with Crippen LogP contribution in [0.2, 0.25) is 0 Å². The van der Waals surface area contributed by atoms with Crippen LogP contribution in [0.1, 0.15) is 30.1 Å². The minimum atomic E-state index is -4.91. The Morgan fingerprint density at radius 1 is 1.30 bits per heavy atom. The van der Waals surface area contributed by atoms with E-state index in [-0.39, 0.29) is 12.1 Å². The van der Waals surface area contributed by atoms with Crippen LogP contribution in [0.5, 0.6) is 5.75 Å². The second-order valence-electron chi connectivity index (χ2n) is 5.74. The molecular formula is C15H16F3NO4. The lowest BCUT2D eigenvalue weighted by atomic mass is 9.82. The van der Waals surface area contributed by atoms with Gasteiger partial charge in [0, 0.05) is 13.1 Å². The molecule has 0 aliphatic carbocycles. The van der Waals surface area contributed by atoms with Crippen molar-refractivity contribution in [2.24, 2.45) is 5.41 Å². The molecule has 1 aliphatic heterocycles. The van der Waals surface area contributed by atoms with Gasteiger partial charge in [0.1, 0.15) is 5.75 Å². The lowest BCUT2D eigenvalue weighted by Gasteiger charge is -2.37. The van der Waals surface area contributed by atoms with E-state index in [0.717, 1.165) is 6.07 Å². The van der Waals surface area contributed by atoms with Crippen LogP contribution < -0.4 is 4.74 Å². The predicted molar refractivity (Wildman–Crippen MR) is 74.0 cm³/mol. The summed E-state index contributed by atoms with van der Waals surface area (Å²) in [6.07, 6.45) is -4.03. The zero-order chi connectivity index (χ0) is 17.3. The lowest BCUT2D eigenvalue weighted by Crippen LogP contribution is -2.48. The van der Waals surface area contributed by atoms with Crippen molar-refractivity contribution in [3.63, 3.8) is 0 Å². The van der Waals surface area contributed by atoms with Crippen molar-refractivity contribution in [3.8, 4) is 5.75 Å². The summed E-state index contributed by atoms with van der Waals surface area (Å²) in [6, 6.07) is 5.05. The van der Waals surface area contributed by atoms with Gasteiger partial charge in [0.05, 0.1) is 11.0 Å². The topological polar surface area (TPSA) is 66.8 Å². The maximum atomic E-state index is 12.5. The van der Waals surface area contributed by atoms with E-state index < -0.39 is 29.4 Å². The van der Waals surface area contributed by atoms with Gasteiger partial charge in [0.15, 0.2) is 0 Å². The summed E-state index contributed by atoms with van der Waals surface area (Å²) < 4.78 is 41.2. The largest absolute Gasteiger partial charge is 0.573 e. The van der Waals surface area contributed by atoms with E-state index in [2.05, 4.69) is 4.74 Å². The molecule has 1 aromatic carbocycles. The Hall–Kier alpha value is -2.25. The summed E-state index contributed by atoms with van der Waals surface area (Å²) in [7, 11) is 0. The molecule has 0 bridgehead atoms. The monoisotopic (exact) mass is 331 g/mol. The normalized spacial score (nSPS) is 21.8. The van der Waals surface area contributed by atoms with Crippen molar-refractivity contribution in [2.45, 2.75) is 26.1 Å². The molecule has 0 radical (unpaired) electrons. The molecule has 126 valence electrons. The Morgan fingerprint density at radius 3 is 2.57 bits per heavy atom. The predicted octanol–water partition coefficient (Wildman–Crippen LogP) is 2.91. The number of carbonyl (C=O) groups is 2. The second-order valence-corrected chi connectivity index (χ2v) is 5.74. The molecule has 1 N–H and O–H groups in total. The number of alkyl halides is 3. The van der Waals surface area contributed by atoms with Gasteiger partial charge in [-0.2, -0.15) is 0 Å². The molecule has 0 saturated carbocycles. The number of amides is 1. The Bertz CT molecular complexity index is 617. The number of carboxylic acid groups (broad SMARTS) is 1. The van der Waals surface area contributed by atoms with Gasteiger partial charge in [0.2, 0.25) is 0 Å². The number of likely N-dealkylation sites (tertiary alicyclic amines) is 1. The number of rotatable bonds is 3. The Kier molecular flexibility index (Phi) is 4.53. The Balaban J connectivity index is 2.25. The molecule has 1 heterocycles. The zero-order valence-electron chi connectivity index (χ0n) is 12.4. The maximum Gasteiger partial charge on any atom is 0.573 e. The molecular weight excluding hydrogens is 315 g/mol. The van der Waals surface area contributed by atoms with Crippen LogP contribution in [0.3, 0.4) is 0 Å². The molecule has 0 aromatic heterocycles. The summed E-state index contributed by atoms with van der Waals surface area (Å²) >= 11 is 0. The smallest absolute Gasteiger partial charge is 0.481 e. The molecule has 1 aliphatic rings. The molecule has 2 rings (SSSR count). The van der Waals surface area contributed by atoms with Gasteiger partial charge in [0.25, 0.3) is 5.91 Å². The number of benzene rings is 1. The highest BCUT2D eigenvalue weighted by Gasteiger charge is 2.40. The van der Waals surface area contributed by atoms with Crippen molar-refractivity contribution >= 4 is 11.9 Å². The van der Waals surface area contributed by atoms with Crippen LogP contribution in [-0.4, -0.2) is 41.3 Å². The third-order valence-corrected chi connectivity index (χ3v) is 3.84. The van der Waals surface area contributed by atoms with E-state index >= 15 is 0 Å². The van der Waals surface area contributed by atoms with Gasteiger partial charge in [-0.25, -0.2) is 0 Å². The molecule has 1 atom stereocenters. The van der Waals surface area contributed by atoms with Crippen LogP contribution in [0.4, 0.5) is 13.2 Å². The first kappa shape index (κ1) is 17.1. The van der Waals surface area contributed by atoms with Crippen LogP contribution in [0, 0.1) is 5.41 Å². The average Bonchev–Trinajstić information content (AvgIpc) is 2.45. The third-order valence-electron chi connectivity index (χ3n) is 3.84. The number of hydrogen-bond donors (Lipinski definition) is 1. The summed E-state index contributed by atoms with van der Waals surface area (Å²) in [5.74, 6) is -2.29. The molecule has 0 spiro atoms. The molecule has 1 unspecified atom stereocenters. The van der Waals surface area contributed by atoms with E-state index in [1.807, 2.05) is 0 Å². The summed E-state index contributed by atoms with van der Waals surface area (Å²) in [6.45, 7) is 1.76. The van der Waals surface area contributed by atoms with E-state index in [9.17, 15) is 27.9 Å². The van der Waals surface area contributed by atoms with Crippen molar-refractivity contribution in [3.05, 3.63) is 29.8 Å². The zero-order valence-corrected chi connectivity index (χ0v) is 12.4. The van der Waals surface area contributed by atoms with E-state index in [4.69, 9.17) is 0 Å². The fourth-order valence-corrected chi connectivity index (χ4v) is 2.61. The summed E-state index contributed by atoms with van der Waals surface area (Å²) in [5.41, 5.74) is -1.34. The van der Waals surface area contributed by atoms with Gasteiger partial charge in [-0.3, -0.25) is 9.59 Å². The van der Waals surface area contributed by atoms with Gasteiger partial charge >= 0.3 is 12.3 Å². The minimum absolute atomic E-state index is 0.0540. The van der Waals surface area contributed by atoms with Crippen LogP contribution in [0.15, 0.2) is 24.3 Å². The number of nitrogens with zero attached hydrogens (tertiary/aromatic N) is 1. The number of carbonyl (C=O) groups excluding carboxylic acids is 1. The highest BCUT2D eigenvalue weighted by molar-refractivity contribution is 5.97. The quantitative estimate of drug-likeness (QED) is 0.925. The van der Waals surface area contributed by atoms with E-state index in [0.29, 0.717) is 19.4 Å². The lowest BCUT2D eigenvalue weighted by molar-refractivity contribution is -0.274. The molecule has 1 saturated heterocycles. The summed E-state index contributed by atoms with van der Waals surface area (Å²) in [5, 5.41) is 9.26. The third kappa shape index (κ3) is 3.94. The Morgan fingerprint density at radius 2 is 1.96 bits per heavy atom. The van der Waals surface area contributed by atoms with Crippen molar-refractivity contribution < 1.29 is 32.6 Å². The number of hydrogen-bond acceptors (Lipinski definition) is 3. The number of aliphatic carboxylic acids is 1. The maximum absolute atomic E-state index is 12.5. The number of ether oxygens (including phenoxy) is 1. The molecule has 1 fully saturated rings. The molecule has 8 heteroatoms. The van der Waals surface area contributed by atoms with Crippen molar-refractivity contribution in [2.75, 3.05) is 13.1 Å². The molecule has 1 aromatic rings. The second kappa shape index (κ2) is 6.10. The first-order valence-electron chi connectivity index (χ1n) is 7.00. The highest BCUT2D eigenvalue weighted by atomic mass is 19.4. The highest BCUT2D eigenvalue weighted by Crippen LogP contribution is 2.32. The van der Waals surface area contributed by atoms with E-state index in [1.165, 1.54) is 30.0 Å².